The van der Waals surface area contributed by atoms with Gasteiger partial charge in [0, 0.05) is 18.6 Å². The lowest BCUT2D eigenvalue weighted by molar-refractivity contribution is -0.385. The SMILES string of the molecule is Cc1nc(CNC(=O)c2ccc(Br)c([N+](=O)[O-])c2)no1. The van der Waals surface area contributed by atoms with E-state index in [2.05, 4.69) is 31.4 Å². The Morgan fingerprint density at radius 1 is 1.55 bits per heavy atom. The fraction of sp³-hybridized carbons (Fsp3) is 0.182. The van der Waals surface area contributed by atoms with Gasteiger partial charge in [-0.15, -0.1) is 0 Å². The number of aromatic nitrogens is 2. The van der Waals surface area contributed by atoms with Gasteiger partial charge in [0.2, 0.25) is 5.89 Å². The average molecular weight is 341 g/mol. The van der Waals surface area contributed by atoms with Crippen LogP contribution in [0.3, 0.4) is 0 Å². The zero-order chi connectivity index (χ0) is 14.7. The molecule has 1 aromatic carbocycles. The molecule has 0 fully saturated rings. The maximum Gasteiger partial charge on any atom is 0.284 e. The number of carbonyl (C=O) groups excluding carboxylic acids is 1. The third-order valence-corrected chi connectivity index (χ3v) is 3.05. The molecule has 0 radical (unpaired) electrons. The molecule has 1 N–H and O–H groups in total. The van der Waals surface area contributed by atoms with E-state index in [0.29, 0.717) is 16.2 Å². The molecule has 0 aliphatic rings. The number of nitro groups is 1. The third kappa shape index (κ3) is 3.18. The van der Waals surface area contributed by atoms with Crippen molar-refractivity contribution in [1.29, 1.82) is 0 Å². The number of amides is 1. The van der Waals surface area contributed by atoms with Crippen LogP contribution in [0.15, 0.2) is 27.2 Å². The van der Waals surface area contributed by atoms with E-state index in [1.165, 1.54) is 18.2 Å². The summed E-state index contributed by atoms with van der Waals surface area (Å²) in [6.45, 7) is 1.72. The maximum atomic E-state index is 11.9. The molecule has 1 heterocycles. The van der Waals surface area contributed by atoms with E-state index in [-0.39, 0.29) is 17.8 Å². The fourth-order valence-corrected chi connectivity index (χ4v) is 1.86. The first-order valence-electron chi connectivity index (χ1n) is 5.48. The van der Waals surface area contributed by atoms with Crippen LogP contribution in [0.4, 0.5) is 5.69 Å². The Kier molecular flexibility index (Phi) is 4.08. The molecular formula is C11H9BrN4O4. The molecule has 1 aromatic heterocycles. The van der Waals surface area contributed by atoms with Crippen molar-refractivity contribution in [3.63, 3.8) is 0 Å². The Hall–Kier alpha value is -2.29. The Bertz CT molecular complexity index is 670. The zero-order valence-electron chi connectivity index (χ0n) is 10.3. The molecule has 0 aliphatic carbocycles. The van der Waals surface area contributed by atoms with E-state index >= 15 is 0 Å². The maximum absolute atomic E-state index is 11.9. The minimum Gasteiger partial charge on any atom is -0.345 e. The van der Waals surface area contributed by atoms with Gasteiger partial charge in [0.25, 0.3) is 11.6 Å². The van der Waals surface area contributed by atoms with Crippen LogP contribution in [0.5, 0.6) is 0 Å². The molecule has 2 rings (SSSR count). The zero-order valence-corrected chi connectivity index (χ0v) is 11.9. The minimum absolute atomic E-state index is 0.0834. The van der Waals surface area contributed by atoms with E-state index in [0.717, 1.165) is 0 Å². The molecule has 0 unspecified atom stereocenters. The van der Waals surface area contributed by atoms with Crippen LogP contribution in [-0.2, 0) is 6.54 Å². The largest absolute Gasteiger partial charge is 0.345 e. The normalized spacial score (nSPS) is 10.3. The highest BCUT2D eigenvalue weighted by Crippen LogP contribution is 2.25. The van der Waals surface area contributed by atoms with Crippen LogP contribution >= 0.6 is 15.9 Å². The van der Waals surface area contributed by atoms with Crippen LogP contribution in [0, 0.1) is 17.0 Å². The van der Waals surface area contributed by atoms with Crippen LogP contribution in [0.25, 0.3) is 0 Å². The molecule has 8 nitrogen and oxygen atoms in total. The first kappa shape index (κ1) is 14.1. The molecule has 0 atom stereocenters. The lowest BCUT2D eigenvalue weighted by atomic mass is 10.2. The summed E-state index contributed by atoms with van der Waals surface area (Å²) in [6.07, 6.45) is 0. The van der Waals surface area contributed by atoms with Crippen molar-refractivity contribution in [3.05, 3.63) is 50.1 Å². The van der Waals surface area contributed by atoms with Gasteiger partial charge in [-0.3, -0.25) is 14.9 Å². The van der Waals surface area contributed by atoms with Crippen molar-refractivity contribution < 1.29 is 14.2 Å². The molecule has 9 heteroatoms. The summed E-state index contributed by atoms with van der Waals surface area (Å²) < 4.78 is 5.07. The summed E-state index contributed by atoms with van der Waals surface area (Å²) in [5.41, 5.74) is 0.00757. The average Bonchev–Trinajstić information content (AvgIpc) is 2.82. The molecule has 1 amide bonds. The van der Waals surface area contributed by atoms with Gasteiger partial charge in [-0.25, -0.2) is 0 Å². The van der Waals surface area contributed by atoms with Crippen LogP contribution in [0.2, 0.25) is 0 Å². The number of benzene rings is 1. The highest BCUT2D eigenvalue weighted by atomic mass is 79.9. The van der Waals surface area contributed by atoms with E-state index in [1.54, 1.807) is 6.92 Å². The summed E-state index contributed by atoms with van der Waals surface area (Å²) in [6, 6.07) is 4.13. The topological polar surface area (TPSA) is 111 Å². The van der Waals surface area contributed by atoms with E-state index in [9.17, 15) is 14.9 Å². The van der Waals surface area contributed by atoms with Crippen LogP contribution in [-0.4, -0.2) is 21.0 Å². The second-order valence-electron chi connectivity index (χ2n) is 3.84. The predicted molar refractivity (Wildman–Crippen MR) is 71.0 cm³/mol. The predicted octanol–water partition coefficient (Wildman–Crippen LogP) is 1.98. The van der Waals surface area contributed by atoms with Gasteiger partial charge >= 0.3 is 0 Å². The summed E-state index contributed by atoms with van der Waals surface area (Å²) in [5.74, 6) is 0.277. The van der Waals surface area contributed by atoms with Crippen molar-refractivity contribution in [2.24, 2.45) is 0 Å². The van der Waals surface area contributed by atoms with Gasteiger partial charge in [0.15, 0.2) is 5.82 Å². The number of halogens is 1. The standard InChI is InChI=1S/C11H9BrN4O4/c1-6-14-10(15-20-6)5-13-11(17)7-2-3-8(12)9(4-7)16(18)19/h2-4H,5H2,1H3,(H,13,17). The number of carbonyl (C=O) groups is 1. The Morgan fingerprint density at radius 2 is 2.30 bits per heavy atom. The highest BCUT2D eigenvalue weighted by molar-refractivity contribution is 9.10. The van der Waals surface area contributed by atoms with E-state index in [4.69, 9.17) is 4.52 Å². The molecule has 0 bridgehead atoms. The smallest absolute Gasteiger partial charge is 0.284 e. The second-order valence-corrected chi connectivity index (χ2v) is 4.69. The number of nitro benzene ring substituents is 1. The van der Waals surface area contributed by atoms with Crippen molar-refractivity contribution in [2.75, 3.05) is 0 Å². The molecule has 20 heavy (non-hydrogen) atoms. The summed E-state index contributed by atoms with van der Waals surface area (Å²) in [7, 11) is 0. The monoisotopic (exact) mass is 340 g/mol. The summed E-state index contributed by atoms with van der Waals surface area (Å²) in [5, 5.41) is 17.0. The molecule has 104 valence electrons. The summed E-state index contributed by atoms with van der Waals surface area (Å²) >= 11 is 3.05. The number of hydrogen-bond donors (Lipinski definition) is 1. The van der Waals surface area contributed by atoms with Gasteiger partial charge in [-0.1, -0.05) is 5.16 Å². The fourth-order valence-electron chi connectivity index (χ4n) is 1.47. The van der Waals surface area contributed by atoms with E-state index in [1.807, 2.05) is 0 Å². The molecular weight excluding hydrogens is 332 g/mol. The molecule has 0 saturated heterocycles. The Labute approximate surface area is 121 Å². The number of hydrogen-bond acceptors (Lipinski definition) is 6. The minimum atomic E-state index is -0.566. The van der Waals surface area contributed by atoms with Crippen LogP contribution < -0.4 is 5.32 Å². The van der Waals surface area contributed by atoms with Crippen molar-refractivity contribution in [3.8, 4) is 0 Å². The Morgan fingerprint density at radius 3 is 2.90 bits per heavy atom. The highest BCUT2D eigenvalue weighted by Gasteiger charge is 2.16. The first-order chi connectivity index (χ1) is 9.47. The Balaban J connectivity index is 2.09. The van der Waals surface area contributed by atoms with Crippen molar-refractivity contribution >= 4 is 27.5 Å². The molecule has 2 aromatic rings. The lowest BCUT2D eigenvalue weighted by Crippen LogP contribution is -2.23. The lowest BCUT2D eigenvalue weighted by Gasteiger charge is -2.03. The molecule has 0 aliphatic heterocycles. The first-order valence-corrected chi connectivity index (χ1v) is 6.28. The number of nitrogens with one attached hydrogen (secondary N) is 1. The molecule has 0 spiro atoms. The molecule has 0 saturated carbocycles. The van der Waals surface area contributed by atoms with Gasteiger partial charge in [0.05, 0.1) is 15.9 Å². The number of aryl methyl sites for hydroxylation is 1. The number of nitrogens with zero attached hydrogens (tertiary/aromatic N) is 3. The number of rotatable bonds is 4. The van der Waals surface area contributed by atoms with Gasteiger partial charge in [-0.05, 0) is 28.1 Å². The summed E-state index contributed by atoms with van der Waals surface area (Å²) in [4.78, 5) is 26.0. The van der Waals surface area contributed by atoms with Gasteiger partial charge in [-0.2, -0.15) is 4.98 Å². The second kappa shape index (κ2) is 5.78. The van der Waals surface area contributed by atoms with Gasteiger partial charge < -0.3 is 9.84 Å². The van der Waals surface area contributed by atoms with E-state index < -0.39 is 10.8 Å². The van der Waals surface area contributed by atoms with Crippen LogP contribution in [0.1, 0.15) is 22.1 Å². The third-order valence-electron chi connectivity index (χ3n) is 2.38. The van der Waals surface area contributed by atoms with Crippen molar-refractivity contribution in [2.45, 2.75) is 13.5 Å². The quantitative estimate of drug-likeness (QED) is 0.672. The van der Waals surface area contributed by atoms with Gasteiger partial charge in [0.1, 0.15) is 0 Å². The van der Waals surface area contributed by atoms with Crippen molar-refractivity contribution in [1.82, 2.24) is 15.5 Å².